The predicted molar refractivity (Wildman–Crippen MR) is 97.2 cm³/mol. The molecule has 2 aliphatic rings. The van der Waals surface area contributed by atoms with Crippen LogP contribution >= 0.6 is 0 Å². The molecular formula is C20H28N2O3. The topological polar surface area (TPSA) is 53.0 Å². The number of rotatable bonds is 5. The molecule has 5 nitrogen and oxygen atoms in total. The fraction of sp³-hybridized carbons (Fsp3) is 0.550. The number of aliphatic hydroxyl groups is 1. The van der Waals surface area contributed by atoms with Crippen molar-refractivity contribution in [2.75, 3.05) is 45.9 Å². The van der Waals surface area contributed by atoms with Crippen LogP contribution < -0.4 is 0 Å². The van der Waals surface area contributed by atoms with E-state index in [4.69, 9.17) is 4.74 Å². The second kappa shape index (κ2) is 9.13. The van der Waals surface area contributed by atoms with E-state index in [0.29, 0.717) is 19.5 Å². The molecule has 2 aliphatic heterocycles. The number of morpholine rings is 1. The third-order valence-corrected chi connectivity index (χ3v) is 5.07. The fourth-order valence-corrected chi connectivity index (χ4v) is 3.53. The zero-order valence-corrected chi connectivity index (χ0v) is 14.7. The van der Waals surface area contributed by atoms with Crippen LogP contribution in [0.5, 0.6) is 0 Å². The van der Waals surface area contributed by atoms with Crippen LogP contribution in [0.4, 0.5) is 0 Å². The molecule has 0 unspecified atom stereocenters. The van der Waals surface area contributed by atoms with E-state index in [1.165, 1.54) is 5.56 Å². The third-order valence-electron chi connectivity index (χ3n) is 5.07. The number of aliphatic hydroxyl groups excluding tert-OH is 1. The van der Waals surface area contributed by atoms with Gasteiger partial charge < -0.3 is 14.7 Å². The maximum absolute atomic E-state index is 12.5. The summed E-state index contributed by atoms with van der Waals surface area (Å²) < 4.78 is 5.33. The van der Waals surface area contributed by atoms with Gasteiger partial charge in [-0.25, -0.2) is 0 Å². The molecule has 0 spiro atoms. The van der Waals surface area contributed by atoms with E-state index < -0.39 is 0 Å². The summed E-state index contributed by atoms with van der Waals surface area (Å²) in [7, 11) is 0. The quantitative estimate of drug-likeness (QED) is 0.819. The van der Waals surface area contributed by atoms with Crippen LogP contribution in [0.1, 0.15) is 12.0 Å². The Balaban J connectivity index is 1.50. The van der Waals surface area contributed by atoms with E-state index in [-0.39, 0.29) is 17.9 Å². The van der Waals surface area contributed by atoms with Crippen LogP contribution in [0.2, 0.25) is 0 Å². The second-order valence-electron chi connectivity index (χ2n) is 6.91. The molecule has 2 heterocycles. The molecule has 1 amide bonds. The van der Waals surface area contributed by atoms with Crippen molar-refractivity contribution in [1.29, 1.82) is 0 Å². The lowest BCUT2D eigenvalue weighted by Gasteiger charge is -2.36. The molecule has 0 aliphatic carbocycles. The van der Waals surface area contributed by atoms with E-state index in [2.05, 4.69) is 17.0 Å². The Hall–Kier alpha value is -1.69. The minimum absolute atomic E-state index is 0.0539. The molecule has 0 aromatic heterocycles. The number of hydrogen-bond donors (Lipinski definition) is 1. The number of ether oxygens (including phenoxy) is 1. The normalized spacial score (nSPS) is 25.4. The van der Waals surface area contributed by atoms with Gasteiger partial charge in [-0.1, -0.05) is 36.4 Å². The van der Waals surface area contributed by atoms with Crippen molar-refractivity contribution in [2.24, 2.45) is 5.92 Å². The minimum Gasteiger partial charge on any atom is -0.393 e. The molecule has 1 aromatic carbocycles. The fourth-order valence-electron chi connectivity index (χ4n) is 3.53. The van der Waals surface area contributed by atoms with Gasteiger partial charge in [0.15, 0.2) is 0 Å². The lowest BCUT2D eigenvalue weighted by atomic mass is 9.88. The molecule has 1 N–H and O–H groups in total. The van der Waals surface area contributed by atoms with Crippen LogP contribution in [0, 0.1) is 5.92 Å². The molecule has 5 heteroatoms. The van der Waals surface area contributed by atoms with Gasteiger partial charge in [-0.15, -0.1) is 0 Å². The van der Waals surface area contributed by atoms with Gasteiger partial charge in [0.25, 0.3) is 0 Å². The minimum atomic E-state index is -0.332. The van der Waals surface area contributed by atoms with E-state index in [1.54, 1.807) is 6.08 Å². The number of carbonyl (C=O) groups is 1. The first-order chi connectivity index (χ1) is 12.2. The van der Waals surface area contributed by atoms with Gasteiger partial charge in [0.1, 0.15) is 0 Å². The Morgan fingerprint density at radius 2 is 1.96 bits per heavy atom. The van der Waals surface area contributed by atoms with Crippen LogP contribution in [-0.4, -0.2) is 72.9 Å². The smallest absolute Gasteiger partial charge is 0.246 e. The number of carbonyl (C=O) groups excluding carboxylic acids is 1. The molecule has 25 heavy (non-hydrogen) atoms. The van der Waals surface area contributed by atoms with Crippen molar-refractivity contribution in [2.45, 2.75) is 18.9 Å². The number of likely N-dealkylation sites (tertiary alicyclic amines) is 1. The summed E-state index contributed by atoms with van der Waals surface area (Å²) in [6, 6.07) is 10.2. The highest BCUT2D eigenvalue weighted by Gasteiger charge is 2.29. The first kappa shape index (κ1) is 18.1. The number of piperidine rings is 1. The first-order valence-electron chi connectivity index (χ1n) is 9.20. The Labute approximate surface area is 149 Å². The van der Waals surface area contributed by atoms with Gasteiger partial charge in [-0.2, -0.15) is 0 Å². The van der Waals surface area contributed by atoms with Crippen molar-refractivity contribution in [3.05, 3.63) is 48.0 Å². The zero-order chi connectivity index (χ0) is 17.5. The van der Waals surface area contributed by atoms with E-state index >= 15 is 0 Å². The number of hydrogen-bond acceptors (Lipinski definition) is 4. The Kier molecular flexibility index (Phi) is 6.62. The second-order valence-corrected chi connectivity index (χ2v) is 6.91. The maximum atomic E-state index is 12.5. The molecule has 0 bridgehead atoms. The SMILES string of the molecule is O=C(/C=C/CN1CCOCC1)N1CC[C@H](O)[C@H](Cc2ccccc2)C1. The molecule has 2 fully saturated rings. The molecule has 2 saturated heterocycles. The first-order valence-corrected chi connectivity index (χ1v) is 9.20. The lowest BCUT2D eigenvalue weighted by molar-refractivity contribution is -0.129. The highest BCUT2D eigenvalue weighted by molar-refractivity contribution is 5.87. The van der Waals surface area contributed by atoms with Gasteiger partial charge in [-0.3, -0.25) is 9.69 Å². The van der Waals surface area contributed by atoms with Crippen LogP contribution in [0.25, 0.3) is 0 Å². The average molecular weight is 344 g/mol. The number of nitrogens with zero attached hydrogens (tertiary/aromatic N) is 2. The Bertz CT molecular complexity index is 570. The van der Waals surface area contributed by atoms with Gasteiger partial charge in [0, 0.05) is 44.7 Å². The van der Waals surface area contributed by atoms with Crippen LogP contribution in [0.15, 0.2) is 42.5 Å². The lowest BCUT2D eigenvalue weighted by Crippen LogP contribution is -2.46. The molecular weight excluding hydrogens is 316 g/mol. The summed E-state index contributed by atoms with van der Waals surface area (Å²) in [5, 5.41) is 10.3. The highest BCUT2D eigenvalue weighted by Crippen LogP contribution is 2.21. The average Bonchev–Trinajstić information content (AvgIpc) is 2.65. The number of amides is 1. The molecule has 0 saturated carbocycles. The van der Waals surface area contributed by atoms with Gasteiger partial charge in [0.05, 0.1) is 19.3 Å². The van der Waals surface area contributed by atoms with Crippen LogP contribution in [0.3, 0.4) is 0 Å². The summed E-state index contributed by atoms with van der Waals surface area (Å²) >= 11 is 0. The van der Waals surface area contributed by atoms with Crippen molar-refractivity contribution in [1.82, 2.24) is 9.80 Å². The third kappa shape index (κ3) is 5.39. The number of benzene rings is 1. The predicted octanol–water partition coefficient (Wildman–Crippen LogP) is 1.33. The van der Waals surface area contributed by atoms with Gasteiger partial charge in [-0.05, 0) is 18.4 Å². The summed E-state index contributed by atoms with van der Waals surface area (Å²) in [4.78, 5) is 16.6. The van der Waals surface area contributed by atoms with Crippen molar-refractivity contribution >= 4 is 5.91 Å². The van der Waals surface area contributed by atoms with Crippen molar-refractivity contribution < 1.29 is 14.6 Å². The monoisotopic (exact) mass is 344 g/mol. The van der Waals surface area contributed by atoms with Gasteiger partial charge >= 0.3 is 0 Å². The Morgan fingerprint density at radius 3 is 2.72 bits per heavy atom. The summed E-state index contributed by atoms with van der Waals surface area (Å²) in [5.41, 5.74) is 1.21. The van der Waals surface area contributed by atoms with Crippen LogP contribution in [-0.2, 0) is 16.0 Å². The summed E-state index contributed by atoms with van der Waals surface area (Å²) in [6.45, 7) is 5.43. The molecule has 2 atom stereocenters. The molecule has 0 radical (unpaired) electrons. The molecule has 3 rings (SSSR count). The van der Waals surface area contributed by atoms with E-state index in [1.807, 2.05) is 29.2 Å². The standard InChI is InChI=1S/C20H28N2O3/c23-19-8-10-22(16-18(19)15-17-5-2-1-3-6-17)20(24)7-4-9-21-11-13-25-14-12-21/h1-7,18-19,23H,8-16H2/b7-4+/t18-,19+/m1/s1. The van der Waals surface area contributed by atoms with E-state index in [9.17, 15) is 9.90 Å². The maximum Gasteiger partial charge on any atom is 0.246 e. The largest absolute Gasteiger partial charge is 0.393 e. The Morgan fingerprint density at radius 1 is 1.20 bits per heavy atom. The zero-order valence-electron chi connectivity index (χ0n) is 14.7. The van der Waals surface area contributed by atoms with Crippen molar-refractivity contribution in [3.8, 4) is 0 Å². The van der Waals surface area contributed by atoms with Gasteiger partial charge in [0.2, 0.25) is 5.91 Å². The van der Waals surface area contributed by atoms with E-state index in [0.717, 1.165) is 39.3 Å². The summed E-state index contributed by atoms with van der Waals surface area (Å²) in [6.07, 6.45) is 4.77. The molecule has 136 valence electrons. The van der Waals surface area contributed by atoms with Crippen molar-refractivity contribution in [3.63, 3.8) is 0 Å². The summed E-state index contributed by atoms with van der Waals surface area (Å²) in [5.74, 6) is 0.158. The highest BCUT2D eigenvalue weighted by atomic mass is 16.5. The molecule has 1 aromatic rings.